The van der Waals surface area contributed by atoms with E-state index in [2.05, 4.69) is 15.5 Å². The van der Waals surface area contributed by atoms with Gasteiger partial charge >= 0.3 is 6.03 Å². The van der Waals surface area contributed by atoms with Crippen molar-refractivity contribution in [1.29, 1.82) is 0 Å². The van der Waals surface area contributed by atoms with Gasteiger partial charge in [0, 0.05) is 5.56 Å². The number of rotatable bonds is 3. The third-order valence-electron chi connectivity index (χ3n) is 5.22. The predicted molar refractivity (Wildman–Crippen MR) is 95.3 cm³/mol. The highest BCUT2D eigenvalue weighted by Gasteiger charge is 2.55. The van der Waals surface area contributed by atoms with Crippen LogP contribution >= 0.6 is 0 Å². The van der Waals surface area contributed by atoms with Crippen molar-refractivity contribution in [3.05, 3.63) is 71.6 Å². The maximum absolute atomic E-state index is 13.1. The molecule has 0 bridgehead atoms. The third-order valence-corrected chi connectivity index (χ3v) is 5.22. The van der Waals surface area contributed by atoms with Crippen molar-refractivity contribution >= 4 is 11.9 Å². The molecule has 1 aromatic heterocycles. The summed E-state index contributed by atoms with van der Waals surface area (Å²) in [5.41, 5.74) is 1.81. The second kappa shape index (κ2) is 5.77. The van der Waals surface area contributed by atoms with Crippen molar-refractivity contribution in [3.8, 4) is 11.4 Å². The molecule has 0 unspecified atom stereocenters. The highest BCUT2D eigenvalue weighted by molar-refractivity contribution is 6.08. The zero-order chi connectivity index (χ0) is 18.4. The van der Waals surface area contributed by atoms with Crippen LogP contribution in [0.25, 0.3) is 11.4 Å². The summed E-state index contributed by atoms with van der Waals surface area (Å²) < 4.78 is 5.26. The van der Waals surface area contributed by atoms with Crippen LogP contribution in [0.15, 0.2) is 59.1 Å². The van der Waals surface area contributed by atoms with E-state index < -0.39 is 11.6 Å². The number of hydrogen-bond acceptors (Lipinski definition) is 5. The molecule has 134 valence electrons. The molecule has 1 fully saturated rings. The zero-order valence-electron chi connectivity index (χ0n) is 14.4. The van der Waals surface area contributed by atoms with Crippen LogP contribution in [0, 0.1) is 0 Å². The van der Waals surface area contributed by atoms with Gasteiger partial charge in [0.1, 0.15) is 12.1 Å². The summed E-state index contributed by atoms with van der Waals surface area (Å²) in [6.07, 6.45) is 1.32. The van der Waals surface area contributed by atoms with Gasteiger partial charge in [-0.25, -0.2) is 4.79 Å². The van der Waals surface area contributed by atoms with Crippen molar-refractivity contribution in [3.63, 3.8) is 0 Å². The largest absolute Gasteiger partial charge is 0.337 e. The van der Waals surface area contributed by atoms with E-state index in [1.54, 1.807) is 0 Å². The minimum atomic E-state index is -0.976. The highest BCUT2D eigenvalue weighted by Crippen LogP contribution is 2.41. The molecule has 1 spiro atoms. The van der Waals surface area contributed by atoms with Crippen molar-refractivity contribution in [1.82, 2.24) is 20.4 Å². The van der Waals surface area contributed by atoms with Gasteiger partial charge in [-0.05, 0) is 24.0 Å². The molecule has 3 amide bonds. The van der Waals surface area contributed by atoms with E-state index in [0.29, 0.717) is 12.2 Å². The number of hydrogen-bond donors (Lipinski definition) is 1. The number of benzene rings is 2. The van der Waals surface area contributed by atoms with Crippen LogP contribution in [0.2, 0.25) is 0 Å². The fraction of sp³-hybridized carbons (Fsp3) is 0.200. The van der Waals surface area contributed by atoms with Crippen LogP contribution in [-0.4, -0.2) is 27.0 Å². The summed E-state index contributed by atoms with van der Waals surface area (Å²) in [5.74, 6) is 0.385. The Balaban J connectivity index is 1.42. The first-order chi connectivity index (χ1) is 13.2. The van der Waals surface area contributed by atoms with Crippen LogP contribution in [0.4, 0.5) is 4.79 Å². The minimum Gasteiger partial charge on any atom is -0.337 e. The number of imide groups is 1. The summed E-state index contributed by atoms with van der Waals surface area (Å²) in [5, 5.41) is 6.84. The normalized spacial score (nSPS) is 21.0. The summed E-state index contributed by atoms with van der Waals surface area (Å²) in [4.78, 5) is 31.2. The Bertz CT molecular complexity index is 1050. The van der Waals surface area contributed by atoms with Gasteiger partial charge in [-0.1, -0.05) is 59.8 Å². The molecule has 1 aliphatic carbocycles. The average Bonchev–Trinajstić information content (AvgIpc) is 3.38. The van der Waals surface area contributed by atoms with Gasteiger partial charge in [-0.2, -0.15) is 4.98 Å². The maximum atomic E-state index is 13.1. The molecule has 0 radical (unpaired) electrons. The van der Waals surface area contributed by atoms with Crippen molar-refractivity contribution in [2.75, 3.05) is 0 Å². The number of nitrogens with zero attached hydrogens (tertiary/aromatic N) is 3. The number of amides is 3. The molecular weight excluding hydrogens is 344 g/mol. The van der Waals surface area contributed by atoms with E-state index in [1.165, 1.54) is 0 Å². The van der Waals surface area contributed by atoms with E-state index in [0.717, 1.165) is 28.0 Å². The second-order valence-corrected chi connectivity index (χ2v) is 6.76. The Kier molecular flexibility index (Phi) is 3.36. The van der Waals surface area contributed by atoms with Gasteiger partial charge in [0.25, 0.3) is 5.91 Å². The quantitative estimate of drug-likeness (QED) is 0.726. The van der Waals surface area contributed by atoms with Crippen LogP contribution in [0.5, 0.6) is 0 Å². The molecule has 27 heavy (non-hydrogen) atoms. The third kappa shape index (κ3) is 2.35. The monoisotopic (exact) mass is 360 g/mol. The standard InChI is InChI=1S/C20H16N4O3/c25-18-20(11-10-13-6-4-5-9-15(13)20)22-19(26)24(18)12-16-21-17(23-27-16)14-7-2-1-3-8-14/h1-9H,10-12H2,(H,22,26)/t20-/m1/s1. The molecule has 2 heterocycles. The summed E-state index contributed by atoms with van der Waals surface area (Å²) in [6.45, 7) is -0.0472. The molecular formula is C20H16N4O3. The lowest BCUT2D eigenvalue weighted by Crippen LogP contribution is -2.41. The Labute approximate surface area is 155 Å². The molecule has 2 aliphatic rings. The minimum absolute atomic E-state index is 0.0472. The summed E-state index contributed by atoms with van der Waals surface area (Å²) in [7, 11) is 0. The summed E-state index contributed by atoms with van der Waals surface area (Å²) in [6, 6.07) is 16.7. The molecule has 1 N–H and O–H groups in total. The van der Waals surface area contributed by atoms with Crippen LogP contribution in [0.3, 0.4) is 0 Å². The first-order valence-corrected chi connectivity index (χ1v) is 8.78. The number of fused-ring (bicyclic) bond motifs is 2. The Hall–Kier alpha value is -3.48. The first-order valence-electron chi connectivity index (χ1n) is 8.78. The number of carbonyl (C=O) groups excluding carboxylic acids is 2. The fourth-order valence-corrected chi connectivity index (χ4v) is 3.89. The second-order valence-electron chi connectivity index (χ2n) is 6.76. The lowest BCUT2D eigenvalue weighted by atomic mass is 9.92. The SMILES string of the molecule is O=C1N[C@@]2(CCc3ccccc32)C(=O)N1Cc1nc(-c2ccccc2)no1. The van der Waals surface area contributed by atoms with Crippen LogP contribution in [0.1, 0.15) is 23.4 Å². The molecule has 0 saturated carbocycles. The van der Waals surface area contributed by atoms with Crippen LogP contribution in [-0.2, 0) is 23.3 Å². The van der Waals surface area contributed by atoms with Gasteiger partial charge in [0.05, 0.1) is 0 Å². The van der Waals surface area contributed by atoms with E-state index in [-0.39, 0.29) is 18.3 Å². The fourth-order valence-electron chi connectivity index (χ4n) is 3.89. The number of aromatic nitrogens is 2. The van der Waals surface area contributed by atoms with Gasteiger partial charge in [0.15, 0.2) is 0 Å². The average molecular weight is 360 g/mol. The molecule has 1 atom stereocenters. The Morgan fingerprint density at radius 1 is 1.07 bits per heavy atom. The summed E-state index contributed by atoms with van der Waals surface area (Å²) >= 11 is 0. The van der Waals surface area contributed by atoms with Gasteiger partial charge < -0.3 is 9.84 Å². The van der Waals surface area contributed by atoms with E-state index in [1.807, 2.05) is 54.6 Å². The smallest absolute Gasteiger partial charge is 0.325 e. The van der Waals surface area contributed by atoms with Gasteiger partial charge in [-0.3, -0.25) is 9.69 Å². The number of nitrogens with one attached hydrogen (secondary N) is 1. The molecule has 1 saturated heterocycles. The van der Waals surface area contributed by atoms with E-state index in [9.17, 15) is 9.59 Å². The number of aryl methyl sites for hydroxylation is 1. The van der Waals surface area contributed by atoms with Gasteiger partial charge in [-0.15, -0.1) is 0 Å². The Morgan fingerprint density at radius 2 is 1.85 bits per heavy atom. The van der Waals surface area contributed by atoms with Crippen LogP contribution < -0.4 is 5.32 Å². The number of urea groups is 1. The molecule has 2 aromatic carbocycles. The molecule has 7 nitrogen and oxygen atoms in total. The lowest BCUT2D eigenvalue weighted by Gasteiger charge is -2.21. The van der Waals surface area contributed by atoms with Crippen molar-refractivity contribution < 1.29 is 14.1 Å². The molecule has 5 rings (SSSR count). The predicted octanol–water partition coefficient (Wildman–Crippen LogP) is 2.63. The lowest BCUT2D eigenvalue weighted by molar-refractivity contribution is -0.132. The van der Waals surface area contributed by atoms with Crippen molar-refractivity contribution in [2.24, 2.45) is 0 Å². The van der Waals surface area contributed by atoms with Crippen molar-refractivity contribution in [2.45, 2.75) is 24.9 Å². The van der Waals surface area contributed by atoms with Gasteiger partial charge in [0.2, 0.25) is 11.7 Å². The highest BCUT2D eigenvalue weighted by atomic mass is 16.5. The Morgan fingerprint density at radius 3 is 2.70 bits per heavy atom. The first kappa shape index (κ1) is 15.7. The van der Waals surface area contributed by atoms with E-state index >= 15 is 0 Å². The molecule has 1 aliphatic heterocycles. The molecule has 3 aromatic rings. The topological polar surface area (TPSA) is 88.3 Å². The zero-order valence-corrected chi connectivity index (χ0v) is 14.4. The van der Waals surface area contributed by atoms with E-state index in [4.69, 9.17) is 4.52 Å². The molecule has 7 heteroatoms. The maximum Gasteiger partial charge on any atom is 0.325 e. The number of carbonyl (C=O) groups is 2.